The van der Waals surface area contributed by atoms with Crippen molar-refractivity contribution in [2.75, 3.05) is 6.54 Å². The van der Waals surface area contributed by atoms with E-state index in [2.05, 4.69) is 19.2 Å². The number of ketones is 2. The fourth-order valence-electron chi connectivity index (χ4n) is 5.46. The first-order valence-corrected chi connectivity index (χ1v) is 11.6. The molecule has 0 heterocycles. The number of aliphatic hydroxyl groups is 3. The lowest BCUT2D eigenvalue weighted by Gasteiger charge is -2.45. The summed E-state index contributed by atoms with van der Waals surface area (Å²) in [6.07, 6.45) is 0.449. The number of nitrogens with one attached hydrogen (secondary N) is 1. The molecule has 1 unspecified atom stereocenters. The Morgan fingerprint density at radius 3 is 2.57 bits per heavy atom. The molecule has 0 fully saturated rings. The Balaban J connectivity index is 1.74. The molecular weight excluding hydrogens is 459 g/mol. The third kappa shape index (κ3) is 3.81. The van der Waals surface area contributed by atoms with E-state index in [0.717, 1.165) is 12.5 Å². The first-order valence-electron chi connectivity index (χ1n) is 11.6. The number of nitrogens with two attached hydrogens (primary N) is 1. The first-order chi connectivity index (χ1) is 16.4. The van der Waals surface area contributed by atoms with Crippen molar-refractivity contribution in [3.05, 3.63) is 51.2 Å². The Labute approximate surface area is 201 Å². The van der Waals surface area contributed by atoms with Gasteiger partial charge >= 0.3 is 0 Å². The number of rotatable bonds is 6. The zero-order valence-corrected chi connectivity index (χ0v) is 19.5. The molecule has 1 aromatic rings. The van der Waals surface area contributed by atoms with Gasteiger partial charge in [-0.2, -0.15) is 0 Å². The monoisotopic (exact) mass is 488 g/mol. The molecule has 3 atom stereocenters. The van der Waals surface area contributed by atoms with E-state index in [1.54, 1.807) is 0 Å². The van der Waals surface area contributed by atoms with Gasteiger partial charge in [-0.15, -0.1) is 0 Å². The van der Waals surface area contributed by atoms with Gasteiger partial charge in [0.1, 0.15) is 28.7 Å². The molecule has 3 aliphatic rings. The van der Waals surface area contributed by atoms with E-state index in [4.69, 9.17) is 5.73 Å². The highest BCUT2D eigenvalue weighted by Gasteiger charge is 2.59. The lowest BCUT2D eigenvalue weighted by Crippen LogP contribution is -2.57. The number of hydrogen-bond acceptors (Lipinski definition) is 8. The molecule has 0 saturated heterocycles. The van der Waals surface area contributed by atoms with Gasteiger partial charge in [0.15, 0.2) is 11.4 Å². The summed E-state index contributed by atoms with van der Waals surface area (Å²) in [5.74, 6) is -7.49. The summed E-state index contributed by atoms with van der Waals surface area (Å²) in [7, 11) is 0. The van der Waals surface area contributed by atoms with Crippen LogP contribution in [0.5, 0.6) is 5.75 Å². The van der Waals surface area contributed by atoms with Crippen LogP contribution in [0, 0.1) is 23.6 Å². The van der Waals surface area contributed by atoms with Gasteiger partial charge in [0.05, 0.1) is 5.56 Å². The molecule has 35 heavy (non-hydrogen) atoms. The number of Topliss-reactive ketones (excluding diaryl/α,β-unsaturated/α-hetero) is 2. The smallest absolute Gasteiger partial charge is 0.255 e. The average Bonchev–Trinajstić information content (AvgIpc) is 2.76. The Bertz CT molecular complexity index is 1200. The number of carbonyl (C=O) groups is 3. The predicted octanol–water partition coefficient (Wildman–Crippen LogP) is 1.86. The highest BCUT2D eigenvalue weighted by atomic mass is 19.1. The number of allylic oxidation sites excluding steroid dienone is 2. The van der Waals surface area contributed by atoms with Gasteiger partial charge in [0.25, 0.3) is 5.91 Å². The van der Waals surface area contributed by atoms with Crippen LogP contribution in [0.4, 0.5) is 4.39 Å². The number of fused-ring (bicyclic) bond motifs is 3. The van der Waals surface area contributed by atoms with Crippen molar-refractivity contribution in [3.63, 3.8) is 0 Å². The summed E-state index contributed by atoms with van der Waals surface area (Å²) in [4.78, 5) is 37.9. The van der Waals surface area contributed by atoms with Crippen LogP contribution in [0.1, 0.15) is 54.6 Å². The summed E-state index contributed by atoms with van der Waals surface area (Å²) in [5.41, 5.74) is 1.26. The molecule has 7 N–H and O–H groups in total. The molecule has 9 nitrogen and oxygen atoms in total. The average molecular weight is 489 g/mol. The Morgan fingerprint density at radius 1 is 1.26 bits per heavy atom. The fraction of sp³-hybridized carbons (Fsp3) is 0.480. The van der Waals surface area contributed by atoms with Gasteiger partial charge in [-0.3, -0.25) is 14.4 Å². The van der Waals surface area contributed by atoms with E-state index in [9.17, 15) is 34.8 Å². The molecule has 0 aliphatic heterocycles. The maximum absolute atomic E-state index is 15.4. The van der Waals surface area contributed by atoms with Gasteiger partial charge in [-0.25, -0.2) is 4.39 Å². The number of phenols is 1. The normalized spacial score (nSPS) is 26.1. The number of amides is 1. The van der Waals surface area contributed by atoms with E-state index in [0.29, 0.717) is 12.5 Å². The molecule has 3 aliphatic carbocycles. The van der Waals surface area contributed by atoms with Crippen molar-refractivity contribution in [2.45, 2.75) is 51.7 Å². The second kappa shape index (κ2) is 8.76. The van der Waals surface area contributed by atoms with Gasteiger partial charge in [-0.1, -0.05) is 13.8 Å². The summed E-state index contributed by atoms with van der Waals surface area (Å²) >= 11 is 0. The third-order valence-corrected chi connectivity index (χ3v) is 7.28. The fourth-order valence-corrected chi connectivity index (χ4v) is 5.46. The molecule has 1 amide bonds. The summed E-state index contributed by atoms with van der Waals surface area (Å²) < 4.78 is 15.4. The molecular formula is C25H29FN2O7. The molecule has 0 bridgehead atoms. The van der Waals surface area contributed by atoms with Crippen LogP contribution in [-0.2, 0) is 22.6 Å². The first kappa shape index (κ1) is 24.9. The Morgan fingerprint density at radius 2 is 1.94 bits per heavy atom. The van der Waals surface area contributed by atoms with Crippen LogP contribution in [0.15, 0.2) is 28.7 Å². The molecule has 4 rings (SSSR count). The Kier molecular flexibility index (Phi) is 6.23. The van der Waals surface area contributed by atoms with E-state index in [1.807, 2.05) is 0 Å². The van der Waals surface area contributed by atoms with Gasteiger partial charge in [0, 0.05) is 35.6 Å². The number of benzene rings is 1. The predicted molar refractivity (Wildman–Crippen MR) is 122 cm³/mol. The largest absolute Gasteiger partial charge is 0.511 e. The number of aliphatic hydroxyl groups excluding tert-OH is 2. The number of halogens is 1. The molecule has 10 heteroatoms. The van der Waals surface area contributed by atoms with Crippen molar-refractivity contribution in [2.24, 2.45) is 23.5 Å². The van der Waals surface area contributed by atoms with Crippen molar-refractivity contribution in [1.82, 2.24) is 5.32 Å². The molecule has 0 aromatic heterocycles. The quantitative estimate of drug-likeness (QED) is 0.260. The van der Waals surface area contributed by atoms with Gasteiger partial charge in [-0.05, 0) is 43.7 Å². The van der Waals surface area contributed by atoms with Crippen LogP contribution in [0.3, 0.4) is 0 Å². The molecule has 1 aromatic carbocycles. The molecule has 0 saturated carbocycles. The summed E-state index contributed by atoms with van der Waals surface area (Å²) in [6.45, 7) is 4.93. The maximum Gasteiger partial charge on any atom is 0.255 e. The molecule has 0 spiro atoms. The zero-order chi connectivity index (χ0) is 25.8. The van der Waals surface area contributed by atoms with Crippen LogP contribution in [0.2, 0.25) is 0 Å². The summed E-state index contributed by atoms with van der Waals surface area (Å²) in [6, 6.07) is 1.16. The van der Waals surface area contributed by atoms with Crippen LogP contribution >= 0.6 is 0 Å². The highest BCUT2D eigenvalue weighted by molar-refractivity contribution is 6.24. The zero-order valence-electron chi connectivity index (χ0n) is 19.5. The van der Waals surface area contributed by atoms with Crippen molar-refractivity contribution < 1.29 is 39.2 Å². The van der Waals surface area contributed by atoms with E-state index in [-0.39, 0.29) is 48.1 Å². The third-order valence-electron chi connectivity index (χ3n) is 7.28. The van der Waals surface area contributed by atoms with Crippen LogP contribution < -0.4 is 11.1 Å². The number of hydrogen-bond donors (Lipinski definition) is 6. The Hall–Kier alpha value is -3.24. The highest BCUT2D eigenvalue weighted by Crippen LogP contribution is 2.51. The minimum Gasteiger partial charge on any atom is -0.511 e. The molecule has 188 valence electrons. The number of carbonyl (C=O) groups excluding carboxylic acids is 3. The van der Waals surface area contributed by atoms with E-state index >= 15 is 4.39 Å². The summed E-state index contributed by atoms with van der Waals surface area (Å²) in [5, 5.41) is 46.1. The second-order valence-corrected chi connectivity index (χ2v) is 9.99. The number of phenolic OH excluding ortho intramolecular Hbond substituents is 1. The van der Waals surface area contributed by atoms with E-state index in [1.165, 1.54) is 0 Å². The van der Waals surface area contributed by atoms with Crippen molar-refractivity contribution in [1.29, 1.82) is 0 Å². The van der Waals surface area contributed by atoms with Gasteiger partial charge < -0.3 is 31.5 Å². The maximum atomic E-state index is 15.4. The minimum atomic E-state index is -2.63. The van der Waals surface area contributed by atoms with Gasteiger partial charge in [0.2, 0.25) is 5.78 Å². The SMILES string of the molecule is CC(C)CCNCc1cc(O)c2c(c1F)CC1C[C@H]3CC(O)=C(C(N)=O)C(=O)[C@@]3(O)C(O)=C1C2=O. The van der Waals surface area contributed by atoms with Crippen molar-refractivity contribution in [3.8, 4) is 5.75 Å². The lowest BCUT2D eigenvalue weighted by atomic mass is 9.60. The van der Waals surface area contributed by atoms with Crippen molar-refractivity contribution >= 4 is 17.5 Å². The molecule has 0 radical (unpaired) electrons. The number of primary amides is 1. The second-order valence-electron chi connectivity index (χ2n) is 9.99. The van der Waals surface area contributed by atoms with E-state index < -0.39 is 63.6 Å². The number of aromatic hydroxyl groups is 1. The topological polar surface area (TPSA) is 170 Å². The minimum absolute atomic E-state index is 0.00220. The lowest BCUT2D eigenvalue weighted by molar-refractivity contribution is -0.144. The van der Waals surface area contributed by atoms with Crippen LogP contribution in [0.25, 0.3) is 0 Å². The van der Waals surface area contributed by atoms with Crippen LogP contribution in [-0.4, -0.2) is 50.0 Å². The standard InChI is InChI=1S/C25H29FN2O7/c1-10(2)3-4-28-9-12-7-15(29)18-14(20(12)26)6-11-5-13-8-16(30)19(24(27)34)23(33)25(13,35)22(32)17(11)21(18)31/h7,10-11,13,28-30,32,35H,3-6,8-9H2,1-2H3,(H2,27,34)/t11?,13-,25-/m0/s1.